The Morgan fingerprint density at radius 2 is 1.67 bits per heavy atom. The van der Waals surface area contributed by atoms with Gasteiger partial charge in [0, 0.05) is 6.20 Å². The molecule has 0 saturated carbocycles. The molecule has 190 valence electrons. The molecule has 0 bridgehead atoms. The fraction of sp³-hybridized carbons (Fsp3) is 0.826. The minimum Gasteiger partial charge on any atom is -0.411 e. The van der Waals surface area contributed by atoms with Crippen LogP contribution in [0.15, 0.2) is 17.1 Å². The molecule has 1 aromatic rings. The monoisotopic (exact) mass is 499 g/mol. The van der Waals surface area contributed by atoms with Gasteiger partial charge in [-0.1, -0.05) is 62.3 Å². The van der Waals surface area contributed by atoms with Gasteiger partial charge in [0.15, 0.2) is 23.6 Å². The van der Waals surface area contributed by atoms with E-state index in [-0.39, 0.29) is 27.5 Å². The lowest BCUT2D eigenvalue weighted by molar-refractivity contribution is -0.0528. The van der Waals surface area contributed by atoms with Crippen molar-refractivity contribution in [2.75, 3.05) is 12.3 Å². The molecule has 0 aromatic carbocycles. The molecule has 4 atom stereocenters. The highest BCUT2D eigenvalue weighted by molar-refractivity contribution is 6.74. The molecule has 0 spiro atoms. The van der Waals surface area contributed by atoms with Crippen molar-refractivity contribution < 1.29 is 18.7 Å². The summed E-state index contributed by atoms with van der Waals surface area (Å²) >= 11 is 0. The number of hydrogen-bond donors (Lipinski definition) is 2. The molecule has 10 heteroatoms. The van der Waals surface area contributed by atoms with E-state index >= 15 is 0 Å². The average Bonchev–Trinajstić information content (AvgIpc) is 2.93. The minimum absolute atomic E-state index is 0.0303. The van der Waals surface area contributed by atoms with Crippen molar-refractivity contribution in [2.45, 2.75) is 115 Å². The van der Waals surface area contributed by atoms with E-state index in [4.69, 9.17) is 19.3 Å². The summed E-state index contributed by atoms with van der Waals surface area (Å²) in [4.78, 5) is 16.6. The molecule has 1 fully saturated rings. The number of hydrogen-bond acceptors (Lipinski definition) is 7. The molecule has 33 heavy (non-hydrogen) atoms. The maximum atomic E-state index is 12.7. The Morgan fingerprint density at radius 3 is 2.09 bits per heavy atom. The zero-order valence-corrected chi connectivity index (χ0v) is 24.5. The van der Waals surface area contributed by atoms with Crippen molar-refractivity contribution in [2.24, 2.45) is 0 Å². The number of nitrogen functional groups attached to an aromatic ring is 1. The fourth-order valence-corrected chi connectivity index (χ4v) is 9.71. The van der Waals surface area contributed by atoms with Gasteiger partial charge in [-0.25, -0.2) is 4.79 Å². The van der Waals surface area contributed by atoms with Crippen LogP contribution >= 0.6 is 0 Å². The summed E-state index contributed by atoms with van der Waals surface area (Å²) in [6, 6.07) is 1.57. The normalized spacial score (nSPS) is 25.1. The second-order valence-corrected chi connectivity index (χ2v) is 22.1. The van der Waals surface area contributed by atoms with Crippen LogP contribution in [0, 0.1) is 0 Å². The summed E-state index contributed by atoms with van der Waals surface area (Å²) in [5.74, 6) is 0.149. The first kappa shape index (κ1) is 28.2. The summed E-state index contributed by atoms with van der Waals surface area (Å²) in [5.41, 5.74) is 5.20. The van der Waals surface area contributed by atoms with Crippen LogP contribution in [0.2, 0.25) is 28.2 Å². The van der Waals surface area contributed by atoms with Crippen LogP contribution < -0.4 is 11.4 Å². The van der Waals surface area contributed by atoms with E-state index in [1.54, 1.807) is 12.3 Å². The van der Waals surface area contributed by atoms with Crippen molar-refractivity contribution in [3.05, 3.63) is 22.7 Å². The highest BCUT2D eigenvalue weighted by Crippen LogP contribution is 2.47. The maximum absolute atomic E-state index is 12.7. The van der Waals surface area contributed by atoms with Gasteiger partial charge in [0.05, 0.1) is 6.61 Å². The summed E-state index contributed by atoms with van der Waals surface area (Å²) in [5, 5.41) is 10.1. The smallest absolute Gasteiger partial charge is 0.351 e. The first-order valence-electron chi connectivity index (χ1n) is 11.7. The average molecular weight is 500 g/mol. The predicted octanol–water partition coefficient (Wildman–Crippen LogP) is 3.81. The highest BCUT2D eigenvalue weighted by Gasteiger charge is 2.54. The molecule has 0 aliphatic carbocycles. The van der Waals surface area contributed by atoms with Gasteiger partial charge in [-0.05, 0) is 34.3 Å². The van der Waals surface area contributed by atoms with E-state index in [2.05, 4.69) is 80.4 Å². The Hall–Kier alpha value is -1.05. The zero-order chi connectivity index (χ0) is 25.6. The number of aliphatic hydroxyl groups is 1. The number of nitrogens with zero attached hydrogens (tertiary/aromatic N) is 2. The van der Waals surface area contributed by atoms with Crippen molar-refractivity contribution >= 4 is 23.2 Å². The van der Waals surface area contributed by atoms with E-state index in [0.717, 1.165) is 0 Å². The van der Waals surface area contributed by atoms with E-state index in [1.165, 1.54) is 4.57 Å². The molecule has 2 unspecified atom stereocenters. The van der Waals surface area contributed by atoms with Gasteiger partial charge in [0.25, 0.3) is 0 Å². The van der Waals surface area contributed by atoms with Crippen molar-refractivity contribution in [3.8, 4) is 0 Å². The predicted molar refractivity (Wildman–Crippen MR) is 137 cm³/mol. The Balaban J connectivity index is 2.59. The van der Waals surface area contributed by atoms with E-state index in [9.17, 15) is 9.90 Å². The second-order valence-electron chi connectivity index (χ2n) is 12.8. The van der Waals surface area contributed by atoms with Crippen molar-refractivity contribution in [1.82, 2.24) is 9.55 Å². The molecule has 1 aliphatic rings. The first-order valence-corrected chi connectivity index (χ1v) is 16.3. The van der Waals surface area contributed by atoms with Gasteiger partial charge in [0.2, 0.25) is 0 Å². The number of aromatic nitrogens is 2. The van der Waals surface area contributed by atoms with Crippen LogP contribution in [0.5, 0.6) is 0 Å². The summed E-state index contributed by atoms with van der Waals surface area (Å²) < 4.78 is 21.5. The fourth-order valence-electron chi connectivity index (χ4n) is 4.37. The zero-order valence-electron chi connectivity index (χ0n) is 22.3. The lowest BCUT2D eigenvalue weighted by Gasteiger charge is -2.44. The summed E-state index contributed by atoms with van der Waals surface area (Å²) in [7, 11) is -4.17. The lowest BCUT2D eigenvalue weighted by atomic mass is 10.1. The van der Waals surface area contributed by atoms with Crippen LogP contribution in [-0.2, 0) is 13.6 Å². The van der Waals surface area contributed by atoms with Gasteiger partial charge >= 0.3 is 5.69 Å². The number of aliphatic hydroxyl groups excluding tert-OH is 1. The van der Waals surface area contributed by atoms with Gasteiger partial charge in [-0.3, -0.25) is 4.57 Å². The quantitative estimate of drug-likeness (QED) is 0.573. The number of ether oxygens (including phenoxy) is 1. The lowest BCUT2D eigenvalue weighted by Crippen LogP contribution is -2.53. The number of nitrogens with two attached hydrogens (primary N) is 1. The molecule has 2 rings (SSSR count). The molecule has 3 N–H and O–H groups in total. The molecule has 1 saturated heterocycles. The van der Waals surface area contributed by atoms with Gasteiger partial charge < -0.3 is 24.4 Å². The Morgan fingerprint density at radius 1 is 1.12 bits per heavy atom. The van der Waals surface area contributed by atoms with Gasteiger partial charge in [0.1, 0.15) is 24.1 Å². The van der Waals surface area contributed by atoms with Crippen LogP contribution in [0.3, 0.4) is 0 Å². The Labute approximate surface area is 201 Å². The number of rotatable bonds is 6. The molecule has 1 aliphatic heterocycles. The first-order chi connectivity index (χ1) is 14.8. The molecule has 1 aromatic heterocycles. The second kappa shape index (κ2) is 9.54. The Bertz CT molecular complexity index is 857. The molecular formula is C23H45N3O5Si2. The minimum atomic E-state index is -2.29. The molecular weight excluding hydrogens is 454 g/mol. The van der Waals surface area contributed by atoms with E-state index in [0.29, 0.717) is 0 Å². The Kier molecular flexibility index (Phi) is 8.15. The molecule has 0 radical (unpaired) electrons. The number of anilines is 1. The third-order valence-corrected chi connectivity index (χ3v) is 14.9. The standard InChI is InChI=1S/C23H45N3O5Si2/c1-21(2,3)32(22(4,5)6)30-17-15(14-27)29-19(26-13-12-16(24)25-20(26)28)18(17)31-33(10,11)23(7,8)9/h12-13,15,17-19,27,32H,14H2,1-11H3,(H2,24,25,28)/t15-,17?,18?,19-/m1/s1. The van der Waals surface area contributed by atoms with Crippen LogP contribution in [0.25, 0.3) is 0 Å². The molecule has 2 heterocycles. The largest absolute Gasteiger partial charge is 0.411 e. The van der Waals surface area contributed by atoms with Crippen molar-refractivity contribution in [1.29, 1.82) is 0 Å². The van der Waals surface area contributed by atoms with Crippen LogP contribution in [0.1, 0.15) is 68.5 Å². The van der Waals surface area contributed by atoms with E-state index in [1.807, 2.05) is 0 Å². The third-order valence-electron chi connectivity index (χ3n) is 6.69. The van der Waals surface area contributed by atoms with Gasteiger partial charge in [-0.15, -0.1) is 0 Å². The van der Waals surface area contributed by atoms with E-state index < -0.39 is 47.6 Å². The summed E-state index contributed by atoms with van der Waals surface area (Å²) in [6.45, 7) is 23.8. The SMILES string of the molecule is CC(C)(C)[SiH](OC1C(O[Si](C)(C)C(C)(C)C)[C@H](n2ccc(N)nc2=O)O[C@@H]1CO)C(C)(C)C. The maximum Gasteiger partial charge on any atom is 0.351 e. The van der Waals surface area contributed by atoms with Crippen molar-refractivity contribution in [3.63, 3.8) is 0 Å². The molecule has 0 amide bonds. The van der Waals surface area contributed by atoms with Gasteiger partial charge in [-0.2, -0.15) is 4.98 Å². The highest BCUT2D eigenvalue weighted by atomic mass is 28.4. The third kappa shape index (κ3) is 6.34. The van der Waals surface area contributed by atoms with Crippen LogP contribution in [-0.4, -0.2) is 56.9 Å². The molecule has 8 nitrogen and oxygen atoms in total. The topological polar surface area (TPSA) is 109 Å². The summed E-state index contributed by atoms with van der Waals surface area (Å²) in [6.07, 6.45) is -0.874. The van der Waals surface area contributed by atoms with Crippen LogP contribution in [0.4, 0.5) is 5.82 Å².